The summed E-state index contributed by atoms with van der Waals surface area (Å²) in [5.41, 5.74) is 2.01. The van der Waals surface area contributed by atoms with Gasteiger partial charge in [-0.15, -0.1) is 11.3 Å². The van der Waals surface area contributed by atoms with Crippen molar-refractivity contribution >= 4 is 22.5 Å². The SMILES string of the molecule is c1csc(-c2nc3cccnc3n2C2CCNCC2)c1. The zero-order valence-electron chi connectivity index (χ0n) is 11.1. The van der Waals surface area contributed by atoms with Crippen molar-refractivity contribution < 1.29 is 0 Å². The molecule has 4 heterocycles. The molecule has 1 fully saturated rings. The number of pyridine rings is 1. The Morgan fingerprint density at radius 3 is 2.90 bits per heavy atom. The van der Waals surface area contributed by atoms with Crippen LogP contribution in [0.2, 0.25) is 0 Å². The molecule has 3 aromatic heterocycles. The summed E-state index contributed by atoms with van der Waals surface area (Å²) in [6, 6.07) is 8.73. The van der Waals surface area contributed by atoms with Crippen molar-refractivity contribution in [2.45, 2.75) is 18.9 Å². The van der Waals surface area contributed by atoms with Crippen LogP contribution in [0.25, 0.3) is 21.9 Å². The summed E-state index contributed by atoms with van der Waals surface area (Å²) >= 11 is 1.74. The molecular weight excluding hydrogens is 268 g/mol. The van der Waals surface area contributed by atoms with E-state index in [1.807, 2.05) is 12.3 Å². The maximum Gasteiger partial charge on any atom is 0.160 e. The van der Waals surface area contributed by atoms with Crippen LogP contribution in [0.3, 0.4) is 0 Å². The lowest BCUT2D eigenvalue weighted by Gasteiger charge is -2.25. The largest absolute Gasteiger partial charge is 0.317 e. The van der Waals surface area contributed by atoms with Crippen molar-refractivity contribution in [1.82, 2.24) is 19.9 Å². The Hall–Kier alpha value is -1.72. The molecule has 1 N–H and O–H groups in total. The standard InChI is InChI=1S/C15H16N4S/c1-3-12-14(17-7-1)19(11-5-8-16-9-6-11)15(18-12)13-4-2-10-20-13/h1-4,7,10-11,16H,5-6,8-9H2. The number of piperidine rings is 1. The number of fused-ring (bicyclic) bond motifs is 1. The minimum absolute atomic E-state index is 0.494. The van der Waals surface area contributed by atoms with Gasteiger partial charge < -0.3 is 9.88 Å². The first-order valence-electron chi connectivity index (χ1n) is 7.01. The first kappa shape index (κ1) is 12.1. The van der Waals surface area contributed by atoms with Crippen LogP contribution >= 0.6 is 11.3 Å². The summed E-state index contributed by atoms with van der Waals surface area (Å²) in [7, 11) is 0. The zero-order valence-corrected chi connectivity index (χ0v) is 11.9. The molecule has 0 bridgehead atoms. The normalized spacial score (nSPS) is 16.8. The van der Waals surface area contributed by atoms with Crippen molar-refractivity contribution in [3.63, 3.8) is 0 Å². The molecule has 4 rings (SSSR count). The molecule has 0 saturated carbocycles. The van der Waals surface area contributed by atoms with Crippen LogP contribution in [0, 0.1) is 0 Å². The fourth-order valence-corrected chi connectivity index (χ4v) is 3.63. The number of nitrogens with one attached hydrogen (secondary N) is 1. The predicted molar refractivity (Wildman–Crippen MR) is 82.0 cm³/mol. The lowest BCUT2D eigenvalue weighted by Crippen LogP contribution is -2.29. The summed E-state index contributed by atoms with van der Waals surface area (Å²) in [5, 5.41) is 5.53. The van der Waals surface area contributed by atoms with Gasteiger partial charge in [-0.3, -0.25) is 0 Å². The Labute approximate surface area is 121 Å². The summed E-state index contributed by atoms with van der Waals surface area (Å²) in [6.45, 7) is 2.14. The van der Waals surface area contributed by atoms with E-state index in [9.17, 15) is 0 Å². The van der Waals surface area contributed by atoms with Gasteiger partial charge in [-0.25, -0.2) is 9.97 Å². The van der Waals surface area contributed by atoms with Gasteiger partial charge in [0.15, 0.2) is 11.5 Å². The average molecular weight is 284 g/mol. The van der Waals surface area contributed by atoms with Crippen molar-refractivity contribution in [2.24, 2.45) is 0 Å². The first-order chi connectivity index (χ1) is 9.93. The lowest BCUT2D eigenvalue weighted by atomic mass is 10.1. The summed E-state index contributed by atoms with van der Waals surface area (Å²) in [5.74, 6) is 1.07. The van der Waals surface area contributed by atoms with Gasteiger partial charge in [0, 0.05) is 12.2 Å². The maximum absolute atomic E-state index is 4.82. The van der Waals surface area contributed by atoms with Crippen molar-refractivity contribution in [1.29, 1.82) is 0 Å². The number of hydrogen-bond donors (Lipinski definition) is 1. The smallest absolute Gasteiger partial charge is 0.160 e. The van der Waals surface area contributed by atoms with Gasteiger partial charge in [-0.2, -0.15) is 0 Å². The average Bonchev–Trinajstić information content (AvgIpc) is 3.15. The van der Waals surface area contributed by atoms with E-state index in [2.05, 4.69) is 38.4 Å². The van der Waals surface area contributed by atoms with E-state index in [-0.39, 0.29) is 0 Å². The van der Waals surface area contributed by atoms with Crippen LogP contribution in [-0.4, -0.2) is 27.6 Å². The van der Waals surface area contributed by atoms with Crippen molar-refractivity contribution in [3.8, 4) is 10.7 Å². The molecule has 0 aliphatic carbocycles. The van der Waals surface area contributed by atoms with Crippen LogP contribution in [0.5, 0.6) is 0 Å². The Kier molecular flexibility index (Phi) is 3.01. The van der Waals surface area contributed by atoms with E-state index in [0.717, 1.165) is 42.9 Å². The Balaban J connectivity index is 1.93. The van der Waals surface area contributed by atoms with Gasteiger partial charge in [0.25, 0.3) is 0 Å². The highest BCUT2D eigenvalue weighted by atomic mass is 32.1. The third-order valence-corrected chi connectivity index (χ3v) is 4.73. The molecule has 5 heteroatoms. The fraction of sp³-hybridized carbons (Fsp3) is 0.333. The van der Waals surface area contributed by atoms with E-state index in [0.29, 0.717) is 6.04 Å². The Morgan fingerprint density at radius 1 is 1.20 bits per heavy atom. The summed E-state index contributed by atoms with van der Waals surface area (Å²) in [4.78, 5) is 10.6. The van der Waals surface area contributed by atoms with Crippen LogP contribution in [-0.2, 0) is 0 Å². The first-order valence-corrected chi connectivity index (χ1v) is 7.89. The van der Waals surface area contributed by atoms with Gasteiger partial charge in [0.1, 0.15) is 5.52 Å². The number of rotatable bonds is 2. The number of nitrogens with zero attached hydrogens (tertiary/aromatic N) is 3. The second kappa shape index (κ2) is 5.00. The van der Waals surface area contributed by atoms with Gasteiger partial charge in [-0.1, -0.05) is 6.07 Å². The van der Waals surface area contributed by atoms with E-state index < -0.39 is 0 Å². The molecule has 0 atom stereocenters. The molecule has 1 aliphatic heterocycles. The number of thiophene rings is 1. The number of imidazole rings is 1. The molecule has 0 spiro atoms. The van der Waals surface area contributed by atoms with Gasteiger partial charge >= 0.3 is 0 Å². The maximum atomic E-state index is 4.82. The topological polar surface area (TPSA) is 42.7 Å². The molecule has 0 unspecified atom stereocenters. The molecule has 20 heavy (non-hydrogen) atoms. The molecule has 0 amide bonds. The minimum atomic E-state index is 0.494. The van der Waals surface area contributed by atoms with E-state index >= 15 is 0 Å². The van der Waals surface area contributed by atoms with Crippen LogP contribution in [0.4, 0.5) is 0 Å². The van der Waals surface area contributed by atoms with Gasteiger partial charge in [0.2, 0.25) is 0 Å². The highest BCUT2D eigenvalue weighted by molar-refractivity contribution is 7.13. The molecule has 102 valence electrons. The monoisotopic (exact) mass is 284 g/mol. The summed E-state index contributed by atoms with van der Waals surface area (Å²) in [6.07, 6.45) is 4.14. The molecule has 1 aliphatic rings. The second-order valence-electron chi connectivity index (χ2n) is 5.11. The van der Waals surface area contributed by atoms with Crippen molar-refractivity contribution in [2.75, 3.05) is 13.1 Å². The lowest BCUT2D eigenvalue weighted by molar-refractivity contribution is 0.376. The molecular formula is C15H16N4S. The second-order valence-corrected chi connectivity index (χ2v) is 6.06. The van der Waals surface area contributed by atoms with E-state index in [1.54, 1.807) is 11.3 Å². The van der Waals surface area contributed by atoms with Gasteiger partial charge in [0.05, 0.1) is 4.88 Å². The fourth-order valence-electron chi connectivity index (χ4n) is 2.92. The zero-order chi connectivity index (χ0) is 13.4. The summed E-state index contributed by atoms with van der Waals surface area (Å²) < 4.78 is 2.35. The predicted octanol–water partition coefficient (Wildman–Crippen LogP) is 3.08. The van der Waals surface area contributed by atoms with Crippen molar-refractivity contribution in [3.05, 3.63) is 35.8 Å². The third kappa shape index (κ3) is 1.94. The van der Waals surface area contributed by atoms with E-state index in [1.165, 1.54) is 4.88 Å². The molecule has 0 radical (unpaired) electrons. The molecule has 3 aromatic rings. The Morgan fingerprint density at radius 2 is 2.10 bits per heavy atom. The minimum Gasteiger partial charge on any atom is -0.317 e. The van der Waals surface area contributed by atoms with Crippen LogP contribution in [0.1, 0.15) is 18.9 Å². The van der Waals surface area contributed by atoms with Crippen LogP contribution < -0.4 is 5.32 Å². The van der Waals surface area contributed by atoms with Crippen LogP contribution in [0.15, 0.2) is 35.8 Å². The number of hydrogen-bond acceptors (Lipinski definition) is 4. The molecule has 1 saturated heterocycles. The molecule has 4 nitrogen and oxygen atoms in total. The van der Waals surface area contributed by atoms with Gasteiger partial charge in [-0.05, 0) is 49.5 Å². The Bertz CT molecular complexity index is 711. The number of aromatic nitrogens is 3. The van der Waals surface area contributed by atoms with E-state index in [4.69, 9.17) is 4.98 Å². The quantitative estimate of drug-likeness (QED) is 0.786. The highest BCUT2D eigenvalue weighted by Crippen LogP contribution is 2.33. The molecule has 0 aromatic carbocycles. The highest BCUT2D eigenvalue weighted by Gasteiger charge is 2.22. The third-order valence-electron chi connectivity index (χ3n) is 3.86.